The van der Waals surface area contributed by atoms with Crippen LogP contribution >= 0.6 is 0 Å². The van der Waals surface area contributed by atoms with Gasteiger partial charge in [-0.15, -0.1) is 5.10 Å². The number of nitrogens with zero attached hydrogens (tertiary/aromatic N) is 6. The van der Waals surface area contributed by atoms with E-state index in [9.17, 15) is 0 Å². The van der Waals surface area contributed by atoms with E-state index in [0.717, 1.165) is 17.8 Å². The fourth-order valence-corrected chi connectivity index (χ4v) is 2.03. The lowest BCUT2D eigenvalue weighted by molar-refractivity contribution is 0.641. The number of aryl methyl sites for hydroxylation is 1. The van der Waals surface area contributed by atoms with Crippen molar-refractivity contribution in [1.82, 2.24) is 29.9 Å². The van der Waals surface area contributed by atoms with Crippen molar-refractivity contribution in [2.24, 2.45) is 0 Å². The molecule has 0 aromatic carbocycles. The molecule has 0 spiro atoms. The van der Waals surface area contributed by atoms with Gasteiger partial charge in [0.2, 0.25) is 0 Å². The molecule has 20 heavy (non-hydrogen) atoms. The molecule has 1 unspecified atom stereocenters. The van der Waals surface area contributed by atoms with E-state index in [1.54, 1.807) is 10.9 Å². The summed E-state index contributed by atoms with van der Waals surface area (Å²) in [6, 6.07) is 4.01. The standard InChI is InChI=1S/C13H15N7/c1-3-20-13-11(18-19-20)12(15-8-16-13)17-9(2)10-5-4-6-14-7-10/h4-9H,3H2,1-2H3,(H,15,16,17). The van der Waals surface area contributed by atoms with E-state index in [1.165, 1.54) is 6.33 Å². The van der Waals surface area contributed by atoms with Gasteiger partial charge in [-0.1, -0.05) is 11.3 Å². The van der Waals surface area contributed by atoms with Crippen LogP contribution < -0.4 is 5.32 Å². The second kappa shape index (κ2) is 5.20. The highest BCUT2D eigenvalue weighted by Gasteiger charge is 2.13. The van der Waals surface area contributed by atoms with Crippen LogP contribution in [0.15, 0.2) is 30.9 Å². The molecule has 102 valence electrons. The van der Waals surface area contributed by atoms with Crippen molar-refractivity contribution in [3.8, 4) is 0 Å². The first-order valence-electron chi connectivity index (χ1n) is 6.50. The van der Waals surface area contributed by atoms with Gasteiger partial charge in [-0.2, -0.15) is 0 Å². The minimum Gasteiger partial charge on any atom is -0.361 e. The van der Waals surface area contributed by atoms with Crippen LogP contribution in [0.4, 0.5) is 5.82 Å². The minimum absolute atomic E-state index is 0.0774. The van der Waals surface area contributed by atoms with Gasteiger partial charge < -0.3 is 5.32 Å². The van der Waals surface area contributed by atoms with Crippen LogP contribution in [0.1, 0.15) is 25.5 Å². The fraction of sp³-hybridized carbons (Fsp3) is 0.308. The Morgan fingerprint density at radius 3 is 3.00 bits per heavy atom. The van der Waals surface area contributed by atoms with Gasteiger partial charge in [0.15, 0.2) is 17.0 Å². The molecule has 7 heteroatoms. The molecule has 0 bridgehead atoms. The zero-order valence-electron chi connectivity index (χ0n) is 11.4. The normalized spacial score (nSPS) is 12.5. The average Bonchev–Trinajstić information content (AvgIpc) is 2.92. The summed E-state index contributed by atoms with van der Waals surface area (Å²) in [6.45, 7) is 4.78. The first kappa shape index (κ1) is 12.5. The Balaban J connectivity index is 1.93. The van der Waals surface area contributed by atoms with Crippen LogP contribution in [0.5, 0.6) is 0 Å². The van der Waals surface area contributed by atoms with E-state index in [1.807, 2.05) is 25.3 Å². The molecule has 1 atom stereocenters. The van der Waals surface area contributed by atoms with E-state index < -0.39 is 0 Å². The maximum Gasteiger partial charge on any atom is 0.183 e. The number of rotatable bonds is 4. The van der Waals surface area contributed by atoms with E-state index in [2.05, 4.69) is 37.5 Å². The Labute approximate surface area is 116 Å². The fourth-order valence-electron chi connectivity index (χ4n) is 2.03. The Bertz CT molecular complexity index is 707. The van der Waals surface area contributed by atoms with Crippen LogP contribution in [0.3, 0.4) is 0 Å². The number of hydrogen-bond donors (Lipinski definition) is 1. The largest absolute Gasteiger partial charge is 0.361 e. The van der Waals surface area contributed by atoms with Crippen LogP contribution in [0.2, 0.25) is 0 Å². The highest BCUT2D eigenvalue weighted by Crippen LogP contribution is 2.21. The first-order chi connectivity index (χ1) is 9.79. The van der Waals surface area contributed by atoms with Gasteiger partial charge in [-0.3, -0.25) is 4.98 Å². The molecule has 0 aliphatic carbocycles. The number of hydrogen-bond acceptors (Lipinski definition) is 6. The molecule has 1 N–H and O–H groups in total. The lowest BCUT2D eigenvalue weighted by Gasteiger charge is -2.14. The summed E-state index contributed by atoms with van der Waals surface area (Å²) < 4.78 is 1.75. The van der Waals surface area contributed by atoms with Crippen molar-refractivity contribution in [2.45, 2.75) is 26.4 Å². The molecule has 0 amide bonds. The number of pyridine rings is 1. The Morgan fingerprint density at radius 1 is 1.35 bits per heavy atom. The summed E-state index contributed by atoms with van der Waals surface area (Å²) in [4.78, 5) is 12.6. The maximum atomic E-state index is 4.26. The monoisotopic (exact) mass is 269 g/mol. The number of fused-ring (bicyclic) bond motifs is 1. The van der Waals surface area contributed by atoms with Gasteiger partial charge in [0.25, 0.3) is 0 Å². The van der Waals surface area contributed by atoms with Gasteiger partial charge in [-0.25, -0.2) is 14.6 Å². The van der Waals surface area contributed by atoms with Crippen LogP contribution in [0.25, 0.3) is 11.2 Å². The van der Waals surface area contributed by atoms with E-state index in [4.69, 9.17) is 0 Å². The molecular formula is C13H15N7. The highest BCUT2D eigenvalue weighted by atomic mass is 15.4. The van der Waals surface area contributed by atoms with Gasteiger partial charge in [0.05, 0.1) is 6.04 Å². The van der Waals surface area contributed by atoms with Crippen LogP contribution in [-0.4, -0.2) is 29.9 Å². The Morgan fingerprint density at radius 2 is 2.25 bits per heavy atom. The third kappa shape index (κ3) is 2.18. The van der Waals surface area contributed by atoms with Crippen LogP contribution in [0, 0.1) is 0 Å². The summed E-state index contributed by atoms with van der Waals surface area (Å²) in [6.07, 6.45) is 5.11. The minimum atomic E-state index is 0.0774. The SMILES string of the molecule is CCn1nnc2c(NC(C)c3cccnc3)ncnc21. The maximum absolute atomic E-state index is 4.26. The van der Waals surface area contributed by atoms with E-state index in [-0.39, 0.29) is 6.04 Å². The molecule has 0 aliphatic rings. The second-order valence-electron chi connectivity index (χ2n) is 4.45. The summed E-state index contributed by atoms with van der Waals surface area (Å²) in [7, 11) is 0. The molecule has 7 nitrogen and oxygen atoms in total. The first-order valence-corrected chi connectivity index (χ1v) is 6.50. The Kier molecular flexibility index (Phi) is 3.24. The van der Waals surface area contributed by atoms with Crippen molar-refractivity contribution in [2.75, 3.05) is 5.32 Å². The Hall–Kier alpha value is -2.57. The van der Waals surface area contributed by atoms with Crippen molar-refractivity contribution >= 4 is 17.0 Å². The molecule has 3 heterocycles. The molecule has 0 aliphatic heterocycles. The van der Waals surface area contributed by atoms with Crippen molar-refractivity contribution in [3.63, 3.8) is 0 Å². The summed E-state index contributed by atoms with van der Waals surface area (Å²) in [5.41, 5.74) is 2.51. The third-order valence-corrected chi connectivity index (χ3v) is 3.14. The number of nitrogens with one attached hydrogen (secondary N) is 1. The topological polar surface area (TPSA) is 81.4 Å². The molecule has 0 radical (unpaired) electrons. The van der Waals surface area contributed by atoms with Gasteiger partial charge in [0.1, 0.15) is 6.33 Å². The predicted octanol–water partition coefficient (Wildman–Crippen LogP) is 1.81. The molecule has 3 rings (SSSR count). The van der Waals surface area contributed by atoms with Crippen LogP contribution in [-0.2, 0) is 6.54 Å². The van der Waals surface area contributed by atoms with Gasteiger partial charge >= 0.3 is 0 Å². The zero-order valence-corrected chi connectivity index (χ0v) is 11.4. The van der Waals surface area contributed by atoms with Gasteiger partial charge in [-0.05, 0) is 25.5 Å². The van der Waals surface area contributed by atoms with Crippen molar-refractivity contribution < 1.29 is 0 Å². The summed E-state index contributed by atoms with van der Waals surface area (Å²) in [5.74, 6) is 0.686. The zero-order chi connectivity index (χ0) is 13.9. The lowest BCUT2D eigenvalue weighted by atomic mass is 10.1. The predicted molar refractivity (Wildman–Crippen MR) is 75.1 cm³/mol. The number of aromatic nitrogens is 6. The summed E-state index contributed by atoms with van der Waals surface area (Å²) >= 11 is 0. The molecule has 3 aromatic heterocycles. The van der Waals surface area contributed by atoms with Crippen molar-refractivity contribution in [3.05, 3.63) is 36.4 Å². The quantitative estimate of drug-likeness (QED) is 0.778. The third-order valence-electron chi connectivity index (χ3n) is 3.14. The summed E-state index contributed by atoms with van der Waals surface area (Å²) in [5, 5.41) is 11.5. The molecule has 3 aromatic rings. The smallest absolute Gasteiger partial charge is 0.183 e. The van der Waals surface area contributed by atoms with Crippen molar-refractivity contribution in [1.29, 1.82) is 0 Å². The number of anilines is 1. The molecule has 0 saturated carbocycles. The lowest BCUT2D eigenvalue weighted by Crippen LogP contribution is -2.09. The van der Waals surface area contributed by atoms with E-state index in [0.29, 0.717) is 11.3 Å². The average molecular weight is 269 g/mol. The second-order valence-corrected chi connectivity index (χ2v) is 4.45. The van der Waals surface area contributed by atoms with Gasteiger partial charge in [0, 0.05) is 18.9 Å². The molecule has 0 fully saturated rings. The molecule has 0 saturated heterocycles. The van der Waals surface area contributed by atoms with E-state index >= 15 is 0 Å². The highest BCUT2D eigenvalue weighted by molar-refractivity contribution is 5.81. The molecular weight excluding hydrogens is 254 g/mol.